The van der Waals surface area contributed by atoms with E-state index in [-0.39, 0.29) is 11.3 Å². The summed E-state index contributed by atoms with van der Waals surface area (Å²) in [6.07, 6.45) is 9.11. The fraction of sp³-hybridized carbons (Fsp3) is 0.200. The molecule has 38 heavy (non-hydrogen) atoms. The highest BCUT2D eigenvalue weighted by Crippen LogP contribution is 2.39. The molecular weight excluding hydrogens is 480 g/mol. The molecule has 1 amide bonds. The van der Waals surface area contributed by atoms with E-state index in [4.69, 9.17) is 4.74 Å². The van der Waals surface area contributed by atoms with Gasteiger partial charge >= 0.3 is 0 Å². The number of benzene rings is 2. The number of aromatic nitrogens is 3. The summed E-state index contributed by atoms with van der Waals surface area (Å²) in [5, 5.41) is 11.3. The van der Waals surface area contributed by atoms with Crippen LogP contribution in [-0.4, -0.2) is 42.8 Å². The molecule has 1 atom stereocenters. The Morgan fingerprint density at radius 1 is 0.974 bits per heavy atom. The molecule has 1 unspecified atom stereocenters. The van der Waals surface area contributed by atoms with Gasteiger partial charge in [0.2, 0.25) is 0 Å². The SMILES string of the molecule is Cc1cccc(COc2ccc(C(O)=C3C(=O)C(=O)N(CCCn4ccnc4)C3c3ccncc3)cc2)c1. The number of amides is 1. The van der Waals surface area contributed by atoms with Crippen molar-refractivity contribution in [1.82, 2.24) is 19.4 Å². The van der Waals surface area contributed by atoms with Gasteiger partial charge in [0.25, 0.3) is 11.7 Å². The third-order valence-corrected chi connectivity index (χ3v) is 6.55. The maximum Gasteiger partial charge on any atom is 0.295 e. The van der Waals surface area contributed by atoms with Crippen LogP contribution in [0.25, 0.3) is 5.76 Å². The fourth-order valence-corrected chi connectivity index (χ4v) is 4.68. The molecular formula is C30H28N4O4. The Morgan fingerprint density at radius 3 is 2.47 bits per heavy atom. The molecule has 1 aliphatic heterocycles. The molecule has 2 aromatic heterocycles. The molecule has 0 spiro atoms. The quantitative estimate of drug-likeness (QED) is 0.200. The van der Waals surface area contributed by atoms with Crippen LogP contribution in [0.4, 0.5) is 0 Å². The molecule has 0 radical (unpaired) electrons. The highest BCUT2D eigenvalue weighted by Gasteiger charge is 2.45. The van der Waals surface area contributed by atoms with Gasteiger partial charge in [-0.05, 0) is 60.9 Å². The normalized spacial score (nSPS) is 16.7. The Bertz CT molecular complexity index is 1450. The van der Waals surface area contributed by atoms with Crippen molar-refractivity contribution in [2.75, 3.05) is 6.54 Å². The van der Waals surface area contributed by atoms with Crippen LogP contribution in [-0.2, 0) is 22.7 Å². The van der Waals surface area contributed by atoms with Crippen LogP contribution in [0.2, 0.25) is 0 Å². The predicted molar refractivity (Wildman–Crippen MR) is 142 cm³/mol. The summed E-state index contributed by atoms with van der Waals surface area (Å²) in [7, 11) is 0. The molecule has 8 heteroatoms. The number of ketones is 1. The third-order valence-electron chi connectivity index (χ3n) is 6.55. The van der Waals surface area contributed by atoms with Gasteiger partial charge in [0.1, 0.15) is 18.1 Å². The van der Waals surface area contributed by atoms with E-state index < -0.39 is 17.7 Å². The van der Waals surface area contributed by atoms with Crippen LogP contribution in [0.15, 0.2) is 97.4 Å². The molecule has 0 bridgehead atoms. The van der Waals surface area contributed by atoms with E-state index in [1.165, 1.54) is 4.90 Å². The first-order valence-corrected chi connectivity index (χ1v) is 12.4. The van der Waals surface area contributed by atoms with Gasteiger partial charge in [-0.2, -0.15) is 0 Å². The number of likely N-dealkylation sites (tertiary alicyclic amines) is 1. The molecule has 192 valence electrons. The molecule has 0 saturated carbocycles. The molecule has 1 fully saturated rings. The van der Waals surface area contributed by atoms with Crippen LogP contribution in [0.1, 0.15) is 34.7 Å². The van der Waals surface area contributed by atoms with Crippen molar-refractivity contribution in [3.63, 3.8) is 0 Å². The number of aryl methyl sites for hydroxylation is 2. The lowest BCUT2D eigenvalue weighted by Gasteiger charge is -2.25. The molecule has 1 saturated heterocycles. The van der Waals surface area contributed by atoms with Crippen LogP contribution in [0.3, 0.4) is 0 Å². The third kappa shape index (κ3) is 5.34. The monoisotopic (exact) mass is 508 g/mol. The first kappa shape index (κ1) is 25.0. The van der Waals surface area contributed by atoms with Crippen molar-refractivity contribution in [2.45, 2.75) is 32.5 Å². The number of hydrogen-bond acceptors (Lipinski definition) is 6. The van der Waals surface area contributed by atoms with Crippen molar-refractivity contribution in [2.24, 2.45) is 0 Å². The van der Waals surface area contributed by atoms with E-state index in [2.05, 4.69) is 16.0 Å². The van der Waals surface area contributed by atoms with Crippen molar-refractivity contribution >= 4 is 17.4 Å². The summed E-state index contributed by atoms with van der Waals surface area (Å²) in [6.45, 7) is 3.44. The Labute approximate surface area is 220 Å². The van der Waals surface area contributed by atoms with E-state index in [1.807, 2.05) is 35.9 Å². The standard InChI is InChI=1S/C30H28N4O4/c1-21-4-2-5-22(18-21)19-38-25-8-6-24(7-9-25)28(35)26-27(23-10-12-31-13-11-23)34(30(37)29(26)36)16-3-15-33-17-14-32-20-33/h2,4-14,17-18,20,27,35H,3,15-16,19H2,1H3. The van der Waals surface area contributed by atoms with Gasteiger partial charge in [0.05, 0.1) is 17.9 Å². The number of imidazole rings is 1. The first-order valence-electron chi connectivity index (χ1n) is 12.4. The summed E-state index contributed by atoms with van der Waals surface area (Å²) in [4.78, 5) is 35.9. The molecule has 2 aromatic carbocycles. The highest BCUT2D eigenvalue weighted by atomic mass is 16.5. The Hall–Kier alpha value is -4.72. The average molecular weight is 509 g/mol. The zero-order valence-corrected chi connectivity index (χ0v) is 21.0. The number of rotatable bonds is 9. The number of nitrogens with zero attached hydrogens (tertiary/aromatic N) is 4. The van der Waals surface area contributed by atoms with Gasteiger partial charge in [-0.25, -0.2) is 4.98 Å². The molecule has 5 rings (SSSR count). The number of aliphatic hydroxyl groups excluding tert-OH is 1. The molecule has 4 aromatic rings. The second-order valence-electron chi connectivity index (χ2n) is 9.23. The van der Waals surface area contributed by atoms with Gasteiger partial charge < -0.3 is 19.3 Å². The van der Waals surface area contributed by atoms with E-state index >= 15 is 0 Å². The number of ether oxygens (including phenoxy) is 1. The lowest BCUT2D eigenvalue weighted by molar-refractivity contribution is -0.139. The number of hydrogen-bond donors (Lipinski definition) is 1. The van der Waals surface area contributed by atoms with E-state index in [9.17, 15) is 14.7 Å². The van der Waals surface area contributed by atoms with Gasteiger partial charge in [0.15, 0.2) is 0 Å². The zero-order chi connectivity index (χ0) is 26.5. The van der Waals surface area contributed by atoms with Crippen LogP contribution in [0.5, 0.6) is 5.75 Å². The molecule has 1 aliphatic rings. The number of carbonyl (C=O) groups excluding carboxylic acids is 2. The van der Waals surface area contributed by atoms with Crippen molar-refractivity contribution in [3.8, 4) is 5.75 Å². The number of aliphatic hydroxyl groups is 1. The average Bonchev–Trinajstić information content (AvgIpc) is 3.55. The van der Waals surface area contributed by atoms with E-state index in [1.54, 1.807) is 61.3 Å². The van der Waals surface area contributed by atoms with Crippen molar-refractivity contribution in [1.29, 1.82) is 0 Å². The van der Waals surface area contributed by atoms with E-state index in [0.29, 0.717) is 43.0 Å². The largest absolute Gasteiger partial charge is 0.507 e. The smallest absolute Gasteiger partial charge is 0.295 e. The van der Waals surface area contributed by atoms with Crippen LogP contribution >= 0.6 is 0 Å². The molecule has 3 heterocycles. The number of Topliss-reactive ketones (excluding diaryl/α,β-unsaturated/α-hetero) is 1. The van der Waals surface area contributed by atoms with Gasteiger partial charge in [-0.1, -0.05) is 29.8 Å². The Morgan fingerprint density at radius 2 is 1.76 bits per heavy atom. The number of carbonyl (C=O) groups is 2. The minimum absolute atomic E-state index is 0.0669. The van der Waals surface area contributed by atoms with Crippen molar-refractivity contribution in [3.05, 3.63) is 120 Å². The van der Waals surface area contributed by atoms with Gasteiger partial charge in [-0.3, -0.25) is 14.6 Å². The zero-order valence-electron chi connectivity index (χ0n) is 21.0. The topological polar surface area (TPSA) is 97.6 Å². The maximum absolute atomic E-state index is 13.2. The minimum atomic E-state index is -0.710. The van der Waals surface area contributed by atoms with E-state index in [0.717, 1.165) is 11.1 Å². The second-order valence-corrected chi connectivity index (χ2v) is 9.23. The second kappa shape index (κ2) is 11.1. The highest BCUT2D eigenvalue weighted by molar-refractivity contribution is 6.46. The van der Waals surface area contributed by atoms with Gasteiger partial charge in [-0.15, -0.1) is 0 Å². The summed E-state index contributed by atoms with van der Waals surface area (Å²) >= 11 is 0. The van der Waals surface area contributed by atoms with Crippen LogP contribution in [0, 0.1) is 6.92 Å². The fourth-order valence-electron chi connectivity index (χ4n) is 4.68. The van der Waals surface area contributed by atoms with Crippen LogP contribution < -0.4 is 4.74 Å². The summed E-state index contributed by atoms with van der Waals surface area (Å²) < 4.78 is 7.80. The summed E-state index contributed by atoms with van der Waals surface area (Å²) in [6, 6.07) is 17.8. The molecule has 8 nitrogen and oxygen atoms in total. The number of pyridine rings is 1. The summed E-state index contributed by atoms with van der Waals surface area (Å²) in [5.41, 5.74) is 3.43. The maximum atomic E-state index is 13.2. The first-order chi connectivity index (χ1) is 18.5. The van der Waals surface area contributed by atoms with Crippen molar-refractivity contribution < 1.29 is 19.4 Å². The Kier molecular flexibility index (Phi) is 7.31. The lowest BCUT2D eigenvalue weighted by Crippen LogP contribution is -2.31. The summed E-state index contributed by atoms with van der Waals surface area (Å²) in [5.74, 6) is -0.912. The predicted octanol–water partition coefficient (Wildman–Crippen LogP) is 4.68. The van der Waals surface area contributed by atoms with Gasteiger partial charge in [0, 0.05) is 43.4 Å². The Balaban J connectivity index is 1.39. The minimum Gasteiger partial charge on any atom is -0.507 e. The molecule has 0 aliphatic carbocycles. The lowest BCUT2D eigenvalue weighted by atomic mass is 9.96. The molecule has 1 N–H and O–H groups in total.